The maximum atomic E-state index is 13.0. The quantitative estimate of drug-likeness (QED) is 0.868. The Morgan fingerprint density at radius 2 is 2.04 bits per heavy atom. The zero-order valence-corrected chi connectivity index (χ0v) is 16.1. The van der Waals surface area contributed by atoms with Crippen molar-refractivity contribution in [2.24, 2.45) is 0 Å². The second-order valence-corrected chi connectivity index (χ2v) is 7.69. The lowest BCUT2D eigenvalue weighted by atomic mass is 10.1. The maximum absolute atomic E-state index is 13.0. The predicted octanol–water partition coefficient (Wildman–Crippen LogP) is 3.62. The van der Waals surface area contributed by atoms with Crippen molar-refractivity contribution in [1.82, 2.24) is 19.9 Å². The monoisotopic (exact) mass is 388 g/mol. The third-order valence-corrected chi connectivity index (χ3v) is 5.64. The molecule has 0 aliphatic carbocycles. The molecule has 0 radical (unpaired) electrons. The molecule has 27 heavy (non-hydrogen) atoms. The predicted molar refractivity (Wildman–Crippen MR) is 106 cm³/mol. The lowest BCUT2D eigenvalue weighted by Gasteiger charge is -2.31. The number of carbonyl (C=O) groups is 1. The number of halogens is 1. The molecule has 2 fully saturated rings. The standard InChI is InChI=1S/C19H25ClN6O/c20-15-6-7-18(24-9-2-1-3-10-24)17(13-15)22-19(27)26-11-4-5-16(26)14-25-12-8-21-23-25/h6-8,12-13,16H,1-5,9-11,14H2,(H,22,27)/t16-/m0/s1. The van der Waals surface area contributed by atoms with Crippen LogP contribution in [0.4, 0.5) is 16.2 Å². The minimum Gasteiger partial charge on any atom is -0.370 e. The highest BCUT2D eigenvalue weighted by Gasteiger charge is 2.30. The van der Waals surface area contributed by atoms with Crippen molar-refractivity contribution in [3.05, 3.63) is 35.6 Å². The van der Waals surface area contributed by atoms with E-state index in [0.717, 1.165) is 43.9 Å². The average molecular weight is 389 g/mol. The number of anilines is 2. The normalized spacial score (nSPS) is 20.1. The highest BCUT2D eigenvalue weighted by Crippen LogP contribution is 2.32. The van der Waals surface area contributed by atoms with Crippen molar-refractivity contribution in [3.8, 4) is 0 Å². The van der Waals surface area contributed by atoms with Gasteiger partial charge in [0.1, 0.15) is 0 Å². The van der Waals surface area contributed by atoms with Crippen LogP contribution in [0.3, 0.4) is 0 Å². The Balaban J connectivity index is 1.49. The number of urea groups is 1. The van der Waals surface area contributed by atoms with E-state index in [1.54, 1.807) is 10.9 Å². The number of carbonyl (C=O) groups excluding carboxylic acids is 1. The molecule has 8 heteroatoms. The maximum Gasteiger partial charge on any atom is 0.322 e. The van der Waals surface area contributed by atoms with E-state index in [9.17, 15) is 4.79 Å². The zero-order valence-electron chi connectivity index (χ0n) is 15.4. The molecule has 2 amide bonds. The molecule has 4 rings (SSSR count). The average Bonchev–Trinajstić information content (AvgIpc) is 3.35. The summed E-state index contributed by atoms with van der Waals surface area (Å²) in [6.45, 7) is 3.46. The molecule has 0 saturated carbocycles. The van der Waals surface area contributed by atoms with Gasteiger partial charge < -0.3 is 15.1 Å². The van der Waals surface area contributed by atoms with E-state index < -0.39 is 0 Å². The molecule has 1 atom stereocenters. The number of rotatable bonds is 4. The molecular formula is C19H25ClN6O. The summed E-state index contributed by atoms with van der Waals surface area (Å²) in [5.41, 5.74) is 1.85. The lowest BCUT2D eigenvalue weighted by molar-refractivity contribution is 0.199. The van der Waals surface area contributed by atoms with Gasteiger partial charge in [-0.1, -0.05) is 16.8 Å². The van der Waals surface area contributed by atoms with Crippen LogP contribution in [0.2, 0.25) is 5.02 Å². The molecule has 2 aliphatic rings. The van der Waals surface area contributed by atoms with Crippen molar-refractivity contribution in [1.29, 1.82) is 0 Å². The molecule has 0 spiro atoms. The van der Waals surface area contributed by atoms with Crippen LogP contribution < -0.4 is 10.2 Å². The Morgan fingerprint density at radius 1 is 1.19 bits per heavy atom. The van der Waals surface area contributed by atoms with Crippen LogP contribution >= 0.6 is 11.6 Å². The fourth-order valence-electron chi connectivity index (χ4n) is 4.04. The molecule has 0 unspecified atom stereocenters. The van der Waals surface area contributed by atoms with Gasteiger partial charge in [-0.15, -0.1) is 5.10 Å². The van der Waals surface area contributed by atoms with Gasteiger partial charge in [-0.25, -0.2) is 4.79 Å². The van der Waals surface area contributed by atoms with Crippen molar-refractivity contribution in [2.45, 2.75) is 44.7 Å². The summed E-state index contributed by atoms with van der Waals surface area (Å²) in [5, 5.41) is 11.6. The van der Waals surface area contributed by atoms with Crippen LogP contribution in [0.1, 0.15) is 32.1 Å². The van der Waals surface area contributed by atoms with Gasteiger partial charge in [-0.05, 0) is 50.3 Å². The Morgan fingerprint density at radius 3 is 2.81 bits per heavy atom. The van der Waals surface area contributed by atoms with Crippen LogP contribution in [0.5, 0.6) is 0 Å². The summed E-state index contributed by atoms with van der Waals surface area (Å²) < 4.78 is 1.79. The first-order chi connectivity index (χ1) is 13.2. The Kier molecular flexibility index (Phi) is 5.48. The molecule has 3 heterocycles. The second kappa shape index (κ2) is 8.17. The first-order valence-electron chi connectivity index (χ1n) is 9.67. The minimum absolute atomic E-state index is 0.0712. The molecule has 2 saturated heterocycles. The van der Waals surface area contributed by atoms with Gasteiger partial charge in [0.2, 0.25) is 0 Å². The fourth-order valence-corrected chi connectivity index (χ4v) is 4.22. The highest BCUT2D eigenvalue weighted by molar-refractivity contribution is 6.31. The SMILES string of the molecule is O=C(Nc1cc(Cl)ccc1N1CCCCC1)N1CCC[C@H]1Cn1ccnn1. The van der Waals surface area contributed by atoms with E-state index in [2.05, 4.69) is 20.5 Å². The van der Waals surface area contributed by atoms with Crippen molar-refractivity contribution in [2.75, 3.05) is 29.9 Å². The number of amides is 2. The molecule has 0 bridgehead atoms. The fraction of sp³-hybridized carbons (Fsp3) is 0.526. The molecule has 144 valence electrons. The van der Waals surface area contributed by atoms with Crippen LogP contribution in [0.25, 0.3) is 0 Å². The molecule has 7 nitrogen and oxygen atoms in total. The first kappa shape index (κ1) is 18.1. The van der Waals surface area contributed by atoms with Crippen molar-refractivity contribution < 1.29 is 4.79 Å². The summed E-state index contributed by atoms with van der Waals surface area (Å²) in [6, 6.07) is 5.82. The van der Waals surface area contributed by atoms with Gasteiger partial charge in [0.15, 0.2) is 0 Å². The Bertz CT molecular complexity index is 775. The number of aromatic nitrogens is 3. The smallest absolute Gasteiger partial charge is 0.322 e. The summed E-state index contributed by atoms with van der Waals surface area (Å²) >= 11 is 6.22. The van der Waals surface area contributed by atoms with Gasteiger partial charge in [0.25, 0.3) is 0 Å². The Hall–Kier alpha value is -2.28. The molecule has 1 aromatic carbocycles. The second-order valence-electron chi connectivity index (χ2n) is 7.25. The van der Waals surface area contributed by atoms with Crippen LogP contribution in [0.15, 0.2) is 30.6 Å². The van der Waals surface area contributed by atoms with Crippen molar-refractivity contribution >= 4 is 29.0 Å². The summed E-state index contributed by atoms with van der Waals surface area (Å²) in [7, 11) is 0. The van der Waals surface area contributed by atoms with E-state index >= 15 is 0 Å². The van der Waals surface area contributed by atoms with Gasteiger partial charge in [-0.2, -0.15) is 0 Å². The van der Waals surface area contributed by atoms with Crippen LogP contribution in [0, 0.1) is 0 Å². The molecule has 1 aromatic heterocycles. The number of benzene rings is 1. The van der Waals surface area contributed by atoms with Crippen molar-refractivity contribution in [3.63, 3.8) is 0 Å². The van der Waals surface area contributed by atoms with Crippen LogP contribution in [-0.2, 0) is 6.54 Å². The van der Waals surface area contributed by atoms with E-state index in [-0.39, 0.29) is 12.1 Å². The van der Waals surface area contributed by atoms with E-state index in [4.69, 9.17) is 11.6 Å². The minimum atomic E-state index is -0.0712. The van der Waals surface area contributed by atoms with Gasteiger partial charge >= 0.3 is 6.03 Å². The van der Waals surface area contributed by atoms with Gasteiger partial charge in [0.05, 0.1) is 30.2 Å². The Labute approximate surface area is 164 Å². The number of hydrogen-bond donors (Lipinski definition) is 1. The summed E-state index contributed by atoms with van der Waals surface area (Å²) in [5.74, 6) is 0. The topological polar surface area (TPSA) is 66.3 Å². The largest absolute Gasteiger partial charge is 0.370 e. The van der Waals surface area contributed by atoms with Crippen LogP contribution in [-0.4, -0.2) is 51.6 Å². The van der Waals surface area contributed by atoms with E-state index in [1.807, 2.05) is 29.3 Å². The number of nitrogens with zero attached hydrogens (tertiary/aromatic N) is 5. The third-order valence-electron chi connectivity index (χ3n) is 5.40. The van der Waals surface area contributed by atoms with E-state index in [1.165, 1.54) is 19.3 Å². The molecule has 2 aliphatic heterocycles. The van der Waals surface area contributed by atoms with Gasteiger partial charge in [-0.3, -0.25) is 4.68 Å². The summed E-state index contributed by atoms with van der Waals surface area (Å²) in [4.78, 5) is 17.3. The lowest BCUT2D eigenvalue weighted by Crippen LogP contribution is -2.41. The molecule has 1 N–H and O–H groups in total. The zero-order chi connectivity index (χ0) is 18.6. The molecule has 2 aromatic rings. The molecular weight excluding hydrogens is 364 g/mol. The number of piperidine rings is 1. The van der Waals surface area contributed by atoms with E-state index in [0.29, 0.717) is 11.6 Å². The first-order valence-corrected chi connectivity index (χ1v) is 10.0. The summed E-state index contributed by atoms with van der Waals surface area (Å²) in [6.07, 6.45) is 9.10. The highest BCUT2D eigenvalue weighted by atomic mass is 35.5. The number of likely N-dealkylation sites (tertiary alicyclic amines) is 1. The number of hydrogen-bond acceptors (Lipinski definition) is 4. The number of nitrogens with one attached hydrogen (secondary N) is 1. The van der Waals surface area contributed by atoms with Gasteiger partial charge in [0, 0.05) is 30.9 Å². The third kappa shape index (κ3) is 4.18.